The lowest BCUT2D eigenvalue weighted by atomic mass is 10.0. The predicted octanol–water partition coefficient (Wildman–Crippen LogP) is -0.239. The van der Waals surface area contributed by atoms with Gasteiger partial charge < -0.3 is 16.0 Å². The highest BCUT2D eigenvalue weighted by atomic mass is 16.2. The number of hydrogen-bond donors (Lipinski definition) is 2. The molecule has 0 bridgehead atoms. The van der Waals surface area contributed by atoms with Crippen LogP contribution < -0.4 is 11.1 Å². The monoisotopic (exact) mass is 262 g/mol. The molecule has 2 amide bonds. The largest absolute Gasteiger partial charge is 0.368 e. The fourth-order valence-electron chi connectivity index (χ4n) is 2.31. The van der Waals surface area contributed by atoms with Crippen LogP contribution in [-0.2, 0) is 4.79 Å². The van der Waals surface area contributed by atoms with E-state index in [1.54, 1.807) is 23.2 Å². The van der Waals surface area contributed by atoms with Gasteiger partial charge in [0, 0.05) is 18.4 Å². The Balaban J connectivity index is 2.16. The van der Waals surface area contributed by atoms with Crippen molar-refractivity contribution in [3.8, 4) is 0 Å². The third-order valence-electron chi connectivity index (χ3n) is 3.24. The van der Waals surface area contributed by atoms with E-state index in [1.165, 1.54) is 6.20 Å². The summed E-state index contributed by atoms with van der Waals surface area (Å²) in [6, 6.07) is 3.46. The summed E-state index contributed by atoms with van der Waals surface area (Å²) in [6.07, 6.45) is 4.79. The molecule has 1 aromatic rings. The van der Waals surface area contributed by atoms with Gasteiger partial charge in [0.25, 0.3) is 5.91 Å². The van der Waals surface area contributed by atoms with Crippen LogP contribution in [0.15, 0.2) is 24.5 Å². The van der Waals surface area contributed by atoms with Gasteiger partial charge in [0.15, 0.2) is 0 Å². The molecule has 1 aliphatic heterocycles. The zero-order valence-electron chi connectivity index (χ0n) is 10.7. The topological polar surface area (TPSA) is 88.3 Å². The van der Waals surface area contributed by atoms with Crippen molar-refractivity contribution >= 4 is 11.8 Å². The SMILES string of the molecule is NC(=O)CN(C(=O)c1cccnc1)C1CCNCC1. The molecule has 0 unspecified atom stereocenters. The van der Waals surface area contributed by atoms with E-state index in [0.717, 1.165) is 25.9 Å². The molecule has 1 fully saturated rings. The summed E-state index contributed by atoms with van der Waals surface area (Å²) in [5, 5.41) is 3.24. The van der Waals surface area contributed by atoms with E-state index in [1.807, 2.05) is 0 Å². The Bertz CT molecular complexity index is 443. The molecule has 0 atom stereocenters. The van der Waals surface area contributed by atoms with Gasteiger partial charge in [0.1, 0.15) is 0 Å². The summed E-state index contributed by atoms with van der Waals surface area (Å²) in [5.41, 5.74) is 5.74. The van der Waals surface area contributed by atoms with Gasteiger partial charge in [0.05, 0.1) is 12.1 Å². The first kappa shape index (κ1) is 13.5. The summed E-state index contributed by atoms with van der Waals surface area (Å²) < 4.78 is 0. The highest BCUT2D eigenvalue weighted by Crippen LogP contribution is 2.15. The third-order valence-corrected chi connectivity index (χ3v) is 3.24. The molecule has 2 heterocycles. The molecule has 1 aliphatic rings. The van der Waals surface area contributed by atoms with E-state index in [0.29, 0.717) is 5.56 Å². The zero-order chi connectivity index (χ0) is 13.7. The summed E-state index contributed by atoms with van der Waals surface area (Å²) in [6.45, 7) is 1.65. The molecule has 102 valence electrons. The fraction of sp³-hybridized carbons (Fsp3) is 0.462. The lowest BCUT2D eigenvalue weighted by Crippen LogP contribution is -2.49. The average Bonchev–Trinajstić information content (AvgIpc) is 2.46. The number of nitrogens with zero attached hydrogens (tertiary/aromatic N) is 2. The molecule has 3 N–H and O–H groups in total. The Kier molecular flexibility index (Phi) is 4.46. The second-order valence-corrected chi connectivity index (χ2v) is 4.62. The third kappa shape index (κ3) is 3.51. The smallest absolute Gasteiger partial charge is 0.256 e. The maximum atomic E-state index is 12.4. The van der Waals surface area contributed by atoms with Crippen LogP contribution in [0.3, 0.4) is 0 Å². The molecule has 0 aliphatic carbocycles. The van der Waals surface area contributed by atoms with Crippen molar-refractivity contribution in [3.63, 3.8) is 0 Å². The van der Waals surface area contributed by atoms with Gasteiger partial charge in [-0.1, -0.05) is 0 Å². The van der Waals surface area contributed by atoms with Crippen LogP contribution >= 0.6 is 0 Å². The van der Waals surface area contributed by atoms with E-state index in [-0.39, 0.29) is 18.5 Å². The van der Waals surface area contributed by atoms with Gasteiger partial charge in [-0.05, 0) is 38.1 Å². The minimum absolute atomic E-state index is 0.0433. The summed E-state index contributed by atoms with van der Waals surface area (Å²) in [7, 11) is 0. The molecule has 19 heavy (non-hydrogen) atoms. The van der Waals surface area contributed by atoms with Gasteiger partial charge in [-0.15, -0.1) is 0 Å². The summed E-state index contributed by atoms with van der Waals surface area (Å²) >= 11 is 0. The Morgan fingerprint density at radius 1 is 1.42 bits per heavy atom. The number of nitrogens with two attached hydrogens (primary N) is 1. The number of piperidine rings is 1. The fourth-order valence-corrected chi connectivity index (χ4v) is 2.31. The first-order valence-corrected chi connectivity index (χ1v) is 6.38. The van der Waals surface area contributed by atoms with Crippen LogP contribution in [0.25, 0.3) is 0 Å². The molecule has 0 radical (unpaired) electrons. The molecule has 0 spiro atoms. The Morgan fingerprint density at radius 2 is 2.16 bits per heavy atom. The maximum Gasteiger partial charge on any atom is 0.256 e. The first-order valence-electron chi connectivity index (χ1n) is 6.38. The number of primary amides is 1. The maximum absolute atomic E-state index is 12.4. The summed E-state index contributed by atoms with van der Waals surface area (Å²) in [5.74, 6) is -0.672. The van der Waals surface area contributed by atoms with E-state index < -0.39 is 5.91 Å². The van der Waals surface area contributed by atoms with Crippen LogP contribution in [0.4, 0.5) is 0 Å². The number of aromatic nitrogens is 1. The number of carbonyl (C=O) groups is 2. The van der Waals surface area contributed by atoms with Crippen molar-refractivity contribution in [1.29, 1.82) is 0 Å². The molecule has 6 heteroatoms. The molecular formula is C13H18N4O2. The molecular weight excluding hydrogens is 244 g/mol. The lowest BCUT2D eigenvalue weighted by molar-refractivity contribution is -0.119. The molecule has 0 saturated carbocycles. The van der Waals surface area contributed by atoms with Crippen molar-refractivity contribution in [2.45, 2.75) is 18.9 Å². The van der Waals surface area contributed by atoms with Crippen molar-refractivity contribution in [2.24, 2.45) is 5.73 Å². The van der Waals surface area contributed by atoms with Crippen LogP contribution in [-0.4, -0.2) is 47.4 Å². The first-order chi connectivity index (χ1) is 9.18. The molecule has 2 rings (SSSR count). The zero-order valence-corrected chi connectivity index (χ0v) is 10.7. The highest BCUT2D eigenvalue weighted by molar-refractivity contribution is 5.96. The second-order valence-electron chi connectivity index (χ2n) is 4.62. The Labute approximate surface area is 112 Å². The normalized spacial score (nSPS) is 16.0. The number of rotatable bonds is 4. The van der Waals surface area contributed by atoms with Crippen molar-refractivity contribution in [2.75, 3.05) is 19.6 Å². The predicted molar refractivity (Wildman–Crippen MR) is 70.4 cm³/mol. The highest BCUT2D eigenvalue weighted by Gasteiger charge is 2.27. The van der Waals surface area contributed by atoms with Gasteiger partial charge >= 0.3 is 0 Å². The van der Waals surface area contributed by atoms with Crippen molar-refractivity contribution in [3.05, 3.63) is 30.1 Å². The van der Waals surface area contributed by atoms with E-state index in [9.17, 15) is 9.59 Å². The number of hydrogen-bond acceptors (Lipinski definition) is 4. The van der Waals surface area contributed by atoms with E-state index >= 15 is 0 Å². The summed E-state index contributed by atoms with van der Waals surface area (Å²) in [4.78, 5) is 29.1. The average molecular weight is 262 g/mol. The second kappa shape index (κ2) is 6.29. The van der Waals surface area contributed by atoms with Gasteiger partial charge in [-0.2, -0.15) is 0 Å². The minimum Gasteiger partial charge on any atom is -0.368 e. The molecule has 1 aromatic heterocycles. The van der Waals surface area contributed by atoms with Gasteiger partial charge in [0.2, 0.25) is 5.91 Å². The number of carbonyl (C=O) groups excluding carboxylic acids is 2. The lowest BCUT2D eigenvalue weighted by Gasteiger charge is -2.33. The number of amides is 2. The number of nitrogens with one attached hydrogen (secondary N) is 1. The van der Waals surface area contributed by atoms with Crippen LogP contribution in [0.2, 0.25) is 0 Å². The standard InChI is InChI=1S/C13H18N4O2/c14-12(18)9-17(11-3-6-15-7-4-11)13(19)10-2-1-5-16-8-10/h1-2,5,8,11,15H,3-4,6-7,9H2,(H2,14,18). The molecule has 1 saturated heterocycles. The van der Waals surface area contributed by atoms with Crippen molar-refractivity contribution in [1.82, 2.24) is 15.2 Å². The number of pyridine rings is 1. The van der Waals surface area contributed by atoms with Gasteiger partial charge in [-0.3, -0.25) is 14.6 Å². The van der Waals surface area contributed by atoms with Crippen LogP contribution in [0.1, 0.15) is 23.2 Å². The van der Waals surface area contributed by atoms with Crippen LogP contribution in [0, 0.1) is 0 Å². The van der Waals surface area contributed by atoms with Gasteiger partial charge in [-0.25, -0.2) is 0 Å². The molecule has 6 nitrogen and oxygen atoms in total. The Morgan fingerprint density at radius 3 is 2.74 bits per heavy atom. The van der Waals surface area contributed by atoms with Crippen molar-refractivity contribution < 1.29 is 9.59 Å². The van der Waals surface area contributed by atoms with E-state index in [2.05, 4.69) is 10.3 Å². The minimum atomic E-state index is -0.490. The Hall–Kier alpha value is -1.95. The van der Waals surface area contributed by atoms with Crippen LogP contribution in [0.5, 0.6) is 0 Å². The quantitative estimate of drug-likeness (QED) is 0.784. The molecule has 0 aromatic carbocycles. The van der Waals surface area contributed by atoms with E-state index in [4.69, 9.17) is 5.73 Å².